The summed E-state index contributed by atoms with van der Waals surface area (Å²) in [7, 11) is 0. The van der Waals surface area contributed by atoms with Crippen LogP contribution in [0.2, 0.25) is 0 Å². The highest BCUT2D eigenvalue weighted by Gasteiger charge is 2.48. The summed E-state index contributed by atoms with van der Waals surface area (Å²) in [5.74, 6) is 0.900. The van der Waals surface area contributed by atoms with Crippen molar-refractivity contribution in [1.29, 1.82) is 0 Å². The minimum absolute atomic E-state index is 0.399. The van der Waals surface area contributed by atoms with Crippen molar-refractivity contribution < 1.29 is 0 Å². The van der Waals surface area contributed by atoms with Crippen LogP contribution in [-0.4, -0.2) is 29.6 Å². The molecular weight excluding hydrogens is 172 g/mol. The number of hydrogen-bond acceptors (Lipinski definition) is 2. The fourth-order valence-corrected chi connectivity index (χ4v) is 3.64. The molecule has 1 atom stereocenters. The van der Waals surface area contributed by atoms with Crippen LogP contribution in [0.25, 0.3) is 0 Å². The summed E-state index contributed by atoms with van der Waals surface area (Å²) in [5, 5.41) is 0. The Labute approximate surface area is 87.8 Å². The summed E-state index contributed by atoms with van der Waals surface area (Å²) in [6.45, 7) is 6.83. The molecule has 0 aromatic carbocycles. The van der Waals surface area contributed by atoms with E-state index in [0.29, 0.717) is 5.54 Å². The maximum absolute atomic E-state index is 5.99. The normalized spacial score (nSPS) is 43.9. The van der Waals surface area contributed by atoms with Crippen LogP contribution in [0, 0.1) is 5.92 Å². The van der Waals surface area contributed by atoms with Gasteiger partial charge in [0.25, 0.3) is 0 Å². The molecule has 0 spiro atoms. The van der Waals surface area contributed by atoms with Gasteiger partial charge in [0.15, 0.2) is 0 Å². The van der Waals surface area contributed by atoms with E-state index in [2.05, 4.69) is 18.7 Å². The van der Waals surface area contributed by atoms with Gasteiger partial charge in [0.1, 0.15) is 0 Å². The van der Waals surface area contributed by atoms with E-state index in [1.165, 1.54) is 38.6 Å². The fraction of sp³-hybridized carbons (Fsp3) is 1.00. The van der Waals surface area contributed by atoms with Crippen LogP contribution >= 0.6 is 0 Å². The first-order chi connectivity index (χ1) is 6.72. The van der Waals surface area contributed by atoms with Crippen molar-refractivity contribution in [3.8, 4) is 0 Å². The number of hydrogen-bond donors (Lipinski definition) is 1. The quantitative estimate of drug-likeness (QED) is 0.748. The highest BCUT2D eigenvalue weighted by Crippen LogP contribution is 2.45. The SMILES string of the molecule is CCC1CCCN1C1(CN)CC(C)C1. The van der Waals surface area contributed by atoms with Crippen LogP contribution in [0.1, 0.15) is 46.0 Å². The molecule has 2 N–H and O–H groups in total. The number of nitrogens with zero attached hydrogens (tertiary/aromatic N) is 1. The Morgan fingerprint density at radius 2 is 2.14 bits per heavy atom. The van der Waals surface area contributed by atoms with Crippen molar-refractivity contribution in [3.63, 3.8) is 0 Å². The van der Waals surface area contributed by atoms with Crippen molar-refractivity contribution in [2.24, 2.45) is 11.7 Å². The predicted octanol–water partition coefficient (Wildman–Crippen LogP) is 1.99. The maximum Gasteiger partial charge on any atom is 0.0339 e. The van der Waals surface area contributed by atoms with Gasteiger partial charge in [0.05, 0.1) is 0 Å². The maximum atomic E-state index is 5.99. The van der Waals surface area contributed by atoms with Crippen molar-refractivity contribution in [2.45, 2.75) is 57.5 Å². The van der Waals surface area contributed by atoms with Crippen molar-refractivity contribution >= 4 is 0 Å². The molecular formula is C12H24N2. The molecule has 2 rings (SSSR count). The highest BCUT2D eigenvalue weighted by molar-refractivity contribution is 5.05. The average molecular weight is 196 g/mol. The van der Waals surface area contributed by atoms with Gasteiger partial charge in [-0.05, 0) is 44.6 Å². The number of nitrogens with two attached hydrogens (primary N) is 1. The lowest BCUT2D eigenvalue weighted by atomic mass is 9.67. The van der Waals surface area contributed by atoms with Gasteiger partial charge in [-0.25, -0.2) is 0 Å². The summed E-state index contributed by atoms with van der Waals surface area (Å²) >= 11 is 0. The van der Waals surface area contributed by atoms with Crippen LogP contribution in [0.15, 0.2) is 0 Å². The zero-order valence-electron chi connectivity index (χ0n) is 9.63. The van der Waals surface area contributed by atoms with E-state index in [-0.39, 0.29) is 0 Å². The van der Waals surface area contributed by atoms with Crippen molar-refractivity contribution in [3.05, 3.63) is 0 Å². The van der Waals surface area contributed by atoms with Crippen LogP contribution in [-0.2, 0) is 0 Å². The van der Waals surface area contributed by atoms with E-state index in [9.17, 15) is 0 Å². The molecule has 1 saturated carbocycles. The van der Waals surface area contributed by atoms with Gasteiger partial charge in [0, 0.05) is 18.1 Å². The van der Waals surface area contributed by atoms with E-state index in [4.69, 9.17) is 5.73 Å². The van der Waals surface area contributed by atoms with E-state index in [1.807, 2.05) is 0 Å². The predicted molar refractivity (Wildman–Crippen MR) is 60.2 cm³/mol. The fourth-order valence-electron chi connectivity index (χ4n) is 3.64. The van der Waals surface area contributed by atoms with E-state index in [1.54, 1.807) is 0 Å². The lowest BCUT2D eigenvalue weighted by Crippen LogP contribution is -2.62. The van der Waals surface area contributed by atoms with Gasteiger partial charge in [-0.15, -0.1) is 0 Å². The molecule has 1 aliphatic carbocycles. The van der Waals surface area contributed by atoms with Crippen LogP contribution in [0.3, 0.4) is 0 Å². The Kier molecular flexibility index (Phi) is 2.85. The molecule has 0 amide bonds. The first-order valence-electron chi connectivity index (χ1n) is 6.18. The number of likely N-dealkylation sites (tertiary alicyclic amines) is 1. The van der Waals surface area contributed by atoms with Crippen molar-refractivity contribution in [2.75, 3.05) is 13.1 Å². The second kappa shape index (κ2) is 3.82. The summed E-state index contributed by atoms with van der Waals surface area (Å²) in [6, 6.07) is 0.825. The third-order valence-corrected chi connectivity index (χ3v) is 4.29. The summed E-state index contributed by atoms with van der Waals surface area (Å²) in [5.41, 5.74) is 6.39. The van der Waals surface area contributed by atoms with E-state index in [0.717, 1.165) is 18.5 Å². The lowest BCUT2D eigenvalue weighted by Gasteiger charge is -2.54. The molecule has 0 radical (unpaired) electrons. The first-order valence-corrected chi connectivity index (χ1v) is 6.18. The minimum atomic E-state index is 0.399. The van der Waals surface area contributed by atoms with Gasteiger partial charge >= 0.3 is 0 Å². The molecule has 0 aromatic rings. The molecule has 14 heavy (non-hydrogen) atoms. The van der Waals surface area contributed by atoms with E-state index < -0.39 is 0 Å². The van der Waals surface area contributed by atoms with Crippen LogP contribution < -0.4 is 5.73 Å². The summed E-state index contributed by atoms with van der Waals surface area (Å²) in [6.07, 6.45) is 6.75. The Balaban J connectivity index is 2.04. The van der Waals surface area contributed by atoms with E-state index >= 15 is 0 Å². The largest absolute Gasteiger partial charge is 0.329 e. The summed E-state index contributed by atoms with van der Waals surface area (Å²) < 4.78 is 0. The van der Waals surface area contributed by atoms with Gasteiger partial charge in [-0.3, -0.25) is 4.90 Å². The molecule has 2 fully saturated rings. The molecule has 2 nitrogen and oxygen atoms in total. The average Bonchev–Trinajstić information content (AvgIpc) is 2.60. The lowest BCUT2D eigenvalue weighted by molar-refractivity contribution is -0.0221. The molecule has 0 bridgehead atoms. The molecule has 1 aliphatic heterocycles. The smallest absolute Gasteiger partial charge is 0.0339 e. The molecule has 1 saturated heterocycles. The van der Waals surface area contributed by atoms with Gasteiger partial charge < -0.3 is 5.73 Å². The molecule has 1 unspecified atom stereocenters. The van der Waals surface area contributed by atoms with Crippen molar-refractivity contribution in [1.82, 2.24) is 4.90 Å². The monoisotopic (exact) mass is 196 g/mol. The standard InChI is InChI=1S/C12H24N2/c1-3-11-5-4-6-14(11)12(9-13)7-10(2)8-12/h10-11H,3-9,13H2,1-2H3. The molecule has 2 aliphatic rings. The minimum Gasteiger partial charge on any atom is -0.329 e. The Morgan fingerprint density at radius 1 is 1.43 bits per heavy atom. The molecule has 2 heteroatoms. The second-order valence-electron chi connectivity index (χ2n) is 5.34. The van der Waals surface area contributed by atoms with Gasteiger partial charge in [-0.2, -0.15) is 0 Å². The zero-order chi connectivity index (χ0) is 10.2. The third-order valence-electron chi connectivity index (χ3n) is 4.29. The van der Waals surface area contributed by atoms with Gasteiger partial charge in [0.2, 0.25) is 0 Å². The Hall–Kier alpha value is -0.0800. The zero-order valence-corrected chi connectivity index (χ0v) is 9.63. The van der Waals surface area contributed by atoms with Crippen LogP contribution in [0.4, 0.5) is 0 Å². The highest BCUT2D eigenvalue weighted by atomic mass is 15.3. The molecule has 82 valence electrons. The first kappa shape index (κ1) is 10.4. The van der Waals surface area contributed by atoms with Crippen LogP contribution in [0.5, 0.6) is 0 Å². The Morgan fingerprint density at radius 3 is 2.64 bits per heavy atom. The topological polar surface area (TPSA) is 29.3 Å². The molecule has 0 aromatic heterocycles. The second-order valence-corrected chi connectivity index (χ2v) is 5.34. The van der Waals surface area contributed by atoms with Gasteiger partial charge in [-0.1, -0.05) is 13.8 Å². The summed E-state index contributed by atoms with van der Waals surface area (Å²) in [4.78, 5) is 2.73. The Bertz CT molecular complexity index is 196. The third kappa shape index (κ3) is 1.49. The number of rotatable bonds is 3. The molecule has 1 heterocycles.